The summed E-state index contributed by atoms with van der Waals surface area (Å²) in [6, 6.07) is 4.66. The fourth-order valence-electron chi connectivity index (χ4n) is 3.19. The van der Waals surface area contributed by atoms with Gasteiger partial charge in [0.2, 0.25) is 0 Å². The second-order valence-electron chi connectivity index (χ2n) is 6.91. The topological polar surface area (TPSA) is 98.7 Å². The zero-order valence-corrected chi connectivity index (χ0v) is 17.5. The molecule has 0 fully saturated rings. The molecule has 1 atom stereocenters. The molecule has 1 unspecified atom stereocenters. The summed E-state index contributed by atoms with van der Waals surface area (Å²) < 4.78 is 0. The van der Waals surface area contributed by atoms with Gasteiger partial charge in [-0.2, -0.15) is 0 Å². The van der Waals surface area contributed by atoms with Gasteiger partial charge in [0, 0.05) is 20.1 Å². The van der Waals surface area contributed by atoms with Gasteiger partial charge in [0.05, 0.1) is 20.8 Å². The molecule has 1 heterocycles. The normalized spacial score (nSPS) is 14.9. The molecule has 1 aliphatic heterocycles. The number of phenols is 1. The molecule has 3 N–H and O–H groups in total. The highest BCUT2D eigenvalue weighted by Crippen LogP contribution is 2.32. The van der Waals surface area contributed by atoms with Gasteiger partial charge in [-0.25, -0.2) is 0 Å². The van der Waals surface area contributed by atoms with Crippen LogP contribution in [0.15, 0.2) is 50.8 Å². The Morgan fingerprint density at radius 3 is 2.54 bits per heavy atom. The number of benzene rings is 1. The van der Waals surface area contributed by atoms with Crippen LogP contribution in [-0.2, 0) is 0 Å². The van der Waals surface area contributed by atoms with Gasteiger partial charge in [-0.05, 0) is 18.6 Å². The van der Waals surface area contributed by atoms with E-state index < -0.39 is 20.4 Å². The Hall–Kier alpha value is -3.13. The first kappa shape index (κ1) is 19.6. The minimum absolute atomic E-state index is 0.000710. The van der Waals surface area contributed by atoms with Crippen molar-refractivity contribution in [2.24, 2.45) is 0 Å². The fourth-order valence-corrected chi connectivity index (χ4v) is 4.69. The first-order valence-electron chi connectivity index (χ1n) is 9.11. The van der Waals surface area contributed by atoms with Crippen molar-refractivity contribution in [3.05, 3.63) is 67.3 Å². The van der Waals surface area contributed by atoms with Crippen molar-refractivity contribution >= 4 is 32.5 Å². The Balaban J connectivity index is 1.88. The molecule has 8 heteroatoms. The maximum Gasteiger partial charge on any atom is 0.257 e. The zero-order valence-electron chi connectivity index (χ0n) is 16.1. The smallest absolute Gasteiger partial charge is 0.257 e. The van der Waals surface area contributed by atoms with E-state index in [0.29, 0.717) is 0 Å². The lowest BCUT2D eigenvalue weighted by molar-refractivity contribution is 0.0824. The standard InChI is InChI=1S/C20H23N3O4Si/c1-4-12(14-9-6-10-28-14)21-15-16(19(26)18(15)25)22-13-8-5-7-11(17(13)24)20(27)23(2)3/h5-10,12,21-22,24H,4,28H2,1-3H3. The van der Waals surface area contributed by atoms with Gasteiger partial charge in [-0.15, -0.1) is 0 Å². The van der Waals surface area contributed by atoms with Gasteiger partial charge in [0.25, 0.3) is 16.8 Å². The van der Waals surface area contributed by atoms with Crippen molar-refractivity contribution < 1.29 is 9.90 Å². The van der Waals surface area contributed by atoms with E-state index >= 15 is 0 Å². The molecule has 3 rings (SSSR count). The van der Waals surface area contributed by atoms with Crippen LogP contribution in [-0.4, -0.2) is 45.6 Å². The predicted molar refractivity (Wildman–Crippen MR) is 114 cm³/mol. The monoisotopic (exact) mass is 397 g/mol. The summed E-state index contributed by atoms with van der Waals surface area (Å²) in [6.07, 6.45) is 4.88. The van der Waals surface area contributed by atoms with Crippen LogP contribution < -0.4 is 21.5 Å². The molecule has 1 aliphatic rings. The van der Waals surface area contributed by atoms with Crippen molar-refractivity contribution in [3.63, 3.8) is 0 Å². The third-order valence-corrected chi connectivity index (χ3v) is 6.52. The molecule has 146 valence electrons. The number of hydrogen-bond donors (Lipinski definition) is 3. The van der Waals surface area contributed by atoms with Gasteiger partial charge in [-0.1, -0.05) is 36.0 Å². The lowest BCUT2D eigenvalue weighted by atomic mass is 10.1. The highest BCUT2D eigenvalue weighted by atomic mass is 28.2. The van der Waals surface area contributed by atoms with Gasteiger partial charge >= 0.3 is 0 Å². The molecule has 1 amide bonds. The van der Waals surface area contributed by atoms with E-state index in [1.54, 1.807) is 26.2 Å². The van der Waals surface area contributed by atoms with Crippen molar-refractivity contribution in [2.75, 3.05) is 24.7 Å². The Kier molecular flexibility index (Phi) is 5.50. The molecule has 0 aliphatic carbocycles. The van der Waals surface area contributed by atoms with Gasteiger partial charge < -0.3 is 20.6 Å². The summed E-state index contributed by atoms with van der Waals surface area (Å²) in [5, 5.41) is 17.8. The molecular formula is C20H23N3O4Si. The summed E-state index contributed by atoms with van der Waals surface area (Å²) in [7, 11) is 2.71. The third-order valence-electron chi connectivity index (χ3n) is 4.82. The van der Waals surface area contributed by atoms with Crippen LogP contribution in [0.2, 0.25) is 0 Å². The Labute approximate surface area is 164 Å². The summed E-state index contributed by atoms with van der Waals surface area (Å²) in [5.74, 6) is -0.622. The number of carbonyl (C=O) groups is 1. The molecule has 2 aromatic rings. The number of nitrogens with zero attached hydrogens (tertiary/aromatic N) is 1. The van der Waals surface area contributed by atoms with Gasteiger partial charge in [-0.3, -0.25) is 14.4 Å². The van der Waals surface area contributed by atoms with E-state index in [2.05, 4.69) is 22.4 Å². The largest absolute Gasteiger partial charge is 0.505 e. The maximum absolute atomic E-state index is 12.2. The molecule has 0 saturated carbocycles. The van der Waals surface area contributed by atoms with Crippen LogP contribution in [0.4, 0.5) is 17.1 Å². The molecule has 0 aromatic heterocycles. The van der Waals surface area contributed by atoms with Crippen molar-refractivity contribution in [1.29, 1.82) is 0 Å². The molecule has 28 heavy (non-hydrogen) atoms. The summed E-state index contributed by atoms with van der Waals surface area (Å²) in [4.78, 5) is 37.8. The molecular weight excluding hydrogens is 374 g/mol. The second kappa shape index (κ2) is 7.85. The average Bonchev–Trinajstić information content (AvgIpc) is 3.22. The van der Waals surface area contributed by atoms with Crippen molar-refractivity contribution in [3.8, 4) is 5.75 Å². The number of carbonyl (C=O) groups excluding carboxylic acids is 1. The molecule has 0 bridgehead atoms. The predicted octanol–water partition coefficient (Wildman–Crippen LogP) is 1.20. The van der Waals surface area contributed by atoms with E-state index in [1.165, 1.54) is 16.2 Å². The third kappa shape index (κ3) is 3.50. The SMILES string of the molecule is CCC(Nc1c(Nc2cccc(C(=O)N(C)C)c2O)c(=O)c1=O)C1=CC=C[SiH2]1. The summed E-state index contributed by atoms with van der Waals surface area (Å²) >= 11 is 0. The highest BCUT2D eigenvalue weighted by molar-refractivity contribution is 6.53. The van der Waals surface area contributed by atoms with Crippen molar-refractivity contribution in [2.45, 2.75) is 19.4 Å². The van der Waals surface area contributed by atoms with Gasteiger partial charge in [0.1, 0.15) is 11.4 Å². The van der Waals surface area contributed by atoms with E-state index in [4.69, 9.17) is 0 Å². The van der Waals surface area contributed by atoms with E-state index in [1.807, 2.05) is 13.0 Å². The van der Waals surface area contributed by atoms with E-state index in [-0.39, 0.29) is 40.3 Å². The van der Waals surface area contributed by atoms with Crippen LogP contribution in [0.5, 0.6) is 5.75 Å². The number of phenolic OH excluding ortho intramolecular Hbond substituents is 1. The molecule has 7 nitrogen and oxygen atoms in total. The Morgan fingerprint density at radius 1 is 1.21 bits per heavy atom. The molecule has 0 radical (unpaired) electrons. The molecule has 0 saturated heterocycles. The van der Waals surface area contributed by atoms with Crippen LogP contribution in [0.3, 0.4) is 0 Å². The van der Waals surface area contributed by atoms with Crippen LogP contribution in [0, 0.1) is 0 Å². The van der Waals surface area contributed by atoms with Gasteiger partial charge in [0.15, 0.2) is 5.75 Å². The Bertz CT molecular complexity index is 1050. The number of para-hydroxylation sites is 1. The minimum atomic E-state index is -0.642. The fraction of sp³-hybridized carbons (Fsp3) is 0.250. The second-order valence-corrected chi connectivity index (χ2v) is 8.61. The number of allylic oxidation sites excluding steroid dienone is 2. The number of hydrogen-bond acceptors (Lipinski definition) is 6. The van der Waals surface area contributed by atoms with Crippen molar-refractivity contribution in [1.82, 2.24) is 4.90 Å². The molecule has 0 spiro atoms. The highest BCUT2D eigenvalue weighted by Gasteiger charge is 2.26. The zero-order chi connectivity index (χ0) is 20.4. The Morgan fingerprint density at radius 2 is 1.93 bits per heavy atom. The maximum atomic E-state index is 12.2. The van der Waals surface area contributed by atoms with Crippen LogP contribution in [0.1, 0.15) is 23.7 Å². The van der Waals surface area contributed by atoms with E-state index in [0.717, 1.165) is 6.42 Å². The average molecular weight is 398 g/mol. The first-order valence-corrected chi connectivity index (χ1v) is 10.6. The van der Waals surface area contributed by atoms with Crippen LogP contribution in [0.25, 0.3) is 0 Å². The minimum Gasteiger partial charge on any atom is -0.505 e. The van der Waals surface area contributed by atoms with E-state index in [9.17, 15) is 19.5 Å². The first-order chi connectivity index (χ1) is 13.3. The summed E-state index contributed by atoms with van der Waals surface area (Å²) in [6.45, 7) is 2.02. The lowest BCUT2D eigenvalue weighted by Crippen LogP contribution is -2.39. The number of aromatic hydroxyl groups is 1. The number of nitrogens with one attached hydrogen (secondary N) is 2. The number of amides is 1. The number of anilines is 3. The summed E-state index contributed by atoms with van der Waals surface area (Å²) in [5.41, 5.74) is 1.61. The van der Waals surface area contributed by atoms with Crippen LogP contribution >= 0.6 is 0 Å². The lowest BCUT2D eigenvalue weighted by Gasteiger charge is -2.23. The quantitative estimate of drug-likeness (QED) is 0.369. The number of rotatable bonds is 7. The molecule has 2 aromatic carbocycles.